The minimum Gasteiger partial charge on any atom is -0.488 e. The van der Waals surface area contributed by atoms with E-state index >= 15 is 0 Å². The maximum absolute atomic E-state index is 13.6. The summed E-state index contributed by atoms with van der Waals surface area (Å²) in [5.74, 6) is -0.484. The van der Waals surface area contributed by atoms with Gasteiger partial charge in [0.1, 0.15) is 11.9 Å². The zero-order chi connectivity index (χ0) is 29.7. The largest absolute Gasteiger partial charge is 0.488 e. The monoisotopic (exact) mass is 570 g/mol. The lowest BCUT2D eigenvalue weighted by atomic mass is 9.99. The lowest BCUT2D eigenvalue weighted by Gasteiger charge is -2.38. The Labute approximate surface area is 236 Å². The fourth-order valence-electron chi connectivity index (χ4n) is 4.71. The first-order valence-corrected chi connectivity index (χ1v) is 13.2. The van der Waals surface area contributed by atoms with Gasteiger partial charge in [0.15, 0.2) is 0 Å². The van der Waals surface area contributed by atoms with E-state index in [-0.39, 0.29) is 36.0 Å². The summed E-state index contributed by atoms with van der Waals surface area (Å²) in [5, 5.41) is 12.7. The van der Waals surface area contributed by atoms with Gasteiger partial charge in [0.25, 0.3) is 11.8 Å². The predicted molar refractivity (Wildman–Crippen MR) is 148 cm³/mol. The van der Waals surface area contributed by atoms with Gasteiger partial charge in [-0.1, -0.05) is 19.1 Å². The van der Waals surface area contributed by atoms with Crippen molar-refractivity contribution in [2.75, 3.05) is 32.1 Å². The van der Waals surface area contributed by atoms with Crippen molar-refractivity contribution in [3.8, 4) is 5.75 Å². The lowest BCUT2D eigenvalue weighted by molar-refractivity contribution is -0.137. The number of hydrogen-bond donors (Lipinski definition) is 2. The number of pyridine rings is 1. The number of aliphatic hydroxyl groups excluding tert-OH is 1. The number of aliphatic hydroxyl groups is 1. The van der Waals surface area contributed by atoms with E-state index in [1.54, 1.807) is 42.2 Å². The van der Waals surface area contributed by atoms with E-state index in [0.717, 1.165) is 17.7 Å². The van der Waals surface area contributed by atoms with Gasteiger partial charge in [-0.05, 0) is 62.0 Å². The standard InChI is InChI=1S/C30H33F3N4O4/c1-19-15-37(20(2)18-38)29(40)25-14-24(35-28(39)22-10-12-34-13-11-22)8-9-26(25)41-27(19)17-36(3)16-21-4-6-23(7-5-21)30(31,32)33/h4-14,19-20,27,38H,15-18H2,1-3H3,(H,35,39)/t19-,20-,27+/m1/s1. The molecule has 8 nitrogen and oxygen atoms in total. The van der Waals surface area contributed by atoms with E-state index in [1.807, 2.05) is 18.9 Å². The van der Waals surface area contributed by atoms with Crippen LogP contribution in [-0.2, 0) is 12.7 Å². The van der Waals surface area contributed by atoms with Crippen molar-refractivity contribution in [3.05, 3.63) is 89.2 Å². The molecule has 2 amide bonds. The minimum absolute atomic E-state index is 0.137. The molecular formula is C30H33F3N4O4. The number of hydrogen-bond acceptors (Lipinski definition) is 6. The van der Waals surface area contributed by atoms with Crippen LogP contribution in [0.5, 0.6) is 5.75 Å². The van der Waals surface area contributed by atoms with Crippen LogP contribution in [0.4, 0.5) is 18.9 Å². The first-order chi connectivity index (χ1) is 19.5. The number of alkyl halides is 3. The number of anilines is 1. The molecule has 2 N–H and O–H groups in total. The van der Waals surface area contributed by atoms with Gasteiger partial charge < -0.3 is 20.1 Å². The number of nitrogens with zero attached hydrogens (tertiary/aromatic N) is 3. The first-order valence-electron chi connectivity index (χ1n) is 13.2. The Morgan fingerprint density at radius 1 is 1.17 bits per heavy atom. The number of aromatic nitrogens is 1. The van der Waals surface area contributed by atoms with E-state index in [9.17, 15) is 27.9 Å². The highest BCUT2D eigenvalue weighted by Gasteiger charge is 2.34. The van der Waals surface area contributed by atoms with Gasteiger partial charge in [-0.25, -0.2) is 0 Å². The lowest BCUT2D eigenvalue weighted by Crippen LogP contribution is -2.49. The summed E-state index contributed by atoms with van der Waals surface area (Å²) in [6, 6.07) is 12.6. The summed E-state index contributed by atoms with van der Waals surface area (Å²) < 4.78 is 45.2. The second-order valence-corrected chi connectivity index (χ2v) is 10.4. The van der Waals surface area contributed by atoms with E-state index in [1.165, 1.54) is 24.5 Å². The Morgan fingerprint density at radius 3 is 2.49 bits per heavy atom. The van der Waals surface area contributed by atoms with Gasteiger partial charge in [0.05, 0.1) is 23.8 Å². The second kappa shape index (κ2) is 12.7. The van der Waals surface area contributed by atoms with Crippen LogP contribution in [0.1, 0.15) is 45.7 Å². The molecule has 0 aliphatic carbocycles. The number of likely N-dealkylation sites (N-methyl/N-ethyl adjacent to an activating group) is 1. The van der Waals surface area contributed by atoms with Crippen LogP contribution in [0.15, 0.2) is 67.0 Å². The zero-order valence-electron chi connectivity index (χ0n) is 23.1. The Kier molecular flexibility index (Phi) is 9.29. The van der Waals surface area contributed by atoms with Crippen LogP contribution in [-0.4, -0.2) is 70.6 Å². The molecule has 11 heteroatoms. The molecule has 0 saturated heterocycles. The van der Waals surface area contributed by atoms with Gasteiger partial charge in [0.2, 0.25) is 0 Å². The molecular weight excluding hydrogens is 537 g/mol. The van der Waals surface area contributed by atoms with E-state index < -0.39 is 17.8 Å². The maximum atomic E-state index is 13.6. The van der Waals surface area contributed by atoms with Gasteiger partial charge in [-0.3, -0.25) is 19.5 Å². The van der Waals surface area contributed by atoms with E-state index in [2.05, 4.69) is 10.3 Å². The highest BCUT2D eigenvalue weighted by molar-refractivity contribution is 6.05. The van der Waals surface area contributed by atoms with E-state index in [0.29, 0.717) is 36.6 Å². The molecule has 41 heavy (non-hydrogen) atoms. The minimum atomic E-state index is -4.39. The summed E-state index contributed by atoms with van der Waals surface area (Å²) in [6.07, 6.45) is -1.75. The van der Waals surface area contributed by atoms with E-state index in [4.69, 9.17) is 4.74 Å². The predicted octanol–water partition coefficient (Wildman–Crippen LogP) is 4.70. The fraction of sp³-hybridized carbons (Fsp3) is 0.367. The van der Waals surface area contributed by atoms with Gasteiger partial charge in [0, 0.05) is 49.2 Å². The fourth-order valence-corrected chi connectivity index (χ4v) is 4.71. The van der Waals surface area contributed by atoms with Crippen LogP contribution in [0, 0.1) is 5.92 Å². The molecule has 218 valence electrons. The van der Waals surface area contributed by atoms with Crippen LogP contribution >= 0.6 is 0 Å². The molecule has 1 aliphatic rings. The molecule has 3 aromatic rings. The van der Waals surface area contributed by atoms with Crippen molar-refractivity contribution in [1.82, 2.24) is 14.8 Å². The third-order valence-electron chi connectivity index (χ3n) is 7.09. The number of halogens is 3. The molecule has 3 atom stereocenters. The summed E-state index contributed by atoms with van der Waals surface area (Å²) in [6.45, 7) is 4.62. The first kappa shape index (κ1) is 30.0. The second-order valence-electron chi connectivity index (χ2n) is 10.4. The molecule has 2 aromatic carbocycles. The van der Waals surface area contributed by atoms with Crippen molar-refractivity contribution < 1.29 is 32.6 Å². The molecule has 0 saturated carbocycles. The maximum Gasteiger partial charge on any atom is 0.416 e. The zero-order valence-corrected chi connectivity index (χ0v) is 23.1. The smallest absolute Gasteiger partial charge is 0.416 e. The molecule has 2 heterocycles. The van der Waals surface area contributed by atoms with Gasteiger partial charge in [-0.15, -0.1) is 0 Å². The van der Waals surface area contributed by atoms with Crippen molar-refractivity contribution >= 4 is 17.5 Å². The van der Waals surface area contributed by atoms with Gasteiger partial charge >= 0.3 is 6.18 Å². The van der Waals surface area contributed by atoms with Crippen LogP contribution in [0.2, 0.25) is 0 Å². The third-order valence-corrected chi connectivity index (χ3v) is 7.09. The average Bonchev–Trinajstić information content (AvgIpc) is 2.95. The van der Waals surface area contributed by atoms with Crippen molar-refractivity contribution in [1.29, 1.82) is 0 Å². The van der Waals surface area contributed by atoms with Gasteiger partial charge in [-0.2, -0.15) is 13.2 Å². The topological polar surface area (TPSA) is 95.0 Å². The number of fused-ring (bicyclic) bond motifs is 1. The molecule has 1 aliphatic heterocycles. The highest BCUT2D eigenvalue weighted by Crippen LogP contribution is 2.32. The summed E-state index contributed by atoms with van der Waals surface area (Å²) >= 11 is 0. The summed E-state index contributed by atoms with van der Waals surface area (Å²) in [5.41, 5.74) is 1.09. The highest BCUT2D eigenvalue weighted by atomic mass is 19.4. The number of nitrogens with one attached hydrogen (secondary N) is 1. The molecule has 1 aromatic heterocycles. The molecule has 0 bridgehead atoms. The third kappa shape index (κ3) is 7.42. The Hall–Kier alpha value is -3.96. The van der Waals surface area contributed by atoms with Crippen molar-refractivity contribution in [3.63, 3.8) is 0 Å². The number of amides is 2. The SMILES string of the molecule is C[C@@H]1CN([C@H](C)CO)C(=O)c2cc(NC(=O)c3ccncc3)ccc2O[C@H]1CN(C)Cc1ccc(C(F)(F)F)cc1. The Bertz CT molecular complexity index is 1350. The van der Waals surface area contributed by atoms with Crippen molar-refractivity contribution in [2.45, 2.75) is 38.7 Å². The quantitative estimate of drug-likeness (QED) is 0.408. The Balaban J connectivity index is 1.56. The number of benzene rings is 2. The van der Waals surface area contributed by atoms with Crippen molar-refractivity contribution in [2.24, 2.45) is 5.92 Å². The number of ether oxygens (including phenoxy) is 1. The molecule has 0 fully saturated rings. The molecule has 0 unspecified atom stereocenters. The number of carbonyl (C=O) groups excluding carboxylic acids is 2. The number of rotatable bonds is 8. The van der Waals surface area contributed by atoms with Crippen LogP contribution in [0.25, 0.3) is 0 Å². The summed E-state index contributed by atoms with van der Waals surface area (Å²) in [7, 11) is 1.85. The summed E-state index contributed by atoms with van der Waals surface area (Å²) in [4.78, 5) is 33.8. The molecule has 4 rings (SSSR count). The normalized spacial score (nSPS) is 18.2. The Morgan fingerprint density at radius 2 is 1.85 bits per heavy atom. The number of carbonyl (C=O) groups is 2. The molecule has 0 radical (unpaired) electrons. The van der Waals surface area contributed by atoms with Crippen LogP contribution < -0.4 is 10.1 Å². The average molecular weight is 571 g/mol. The molecule has 0 spiro atoms. The van der Waals surface area contributed by atoms with Crippen LogP contribution in [0.3, 0.4) is 0 Å².